The lowest BCUT2D eigenvalue weighted by atomic mass is 10.1. The number of methoxy groups -OCH3 is 1. The molecule has 0 aliphatic heterocycles. The maximum Gasteiger partial charge on any atom is 0.244 e. The van der Waals surface area contributed by atoms with Crippen molar-refractivity contribution in [2.24, 2.45) is 0 Å². The van der Waals surface area contributed by atoms with Crippen molar-refractivity contribution in [3.05, 3.63) is 47.3 Å². The largest absolute Gasteiger partial charge is 0.496 e. The fraction of sp³-hybridized carbons (Fsp3) is 0.250. The van der Waals surface area contributed by atoms with Gasteiger partial charge in [0.05, 0.1) is 18.0 Å². The summed E-state index contributed by atoms with van der Waals surface area (Å²) in [5.74, 6) is 1.07. The standard InChI is InChI=1S/C16H17N5O2S/c1-11(12-6-3-4-7-13(12)23-2)17-15(22)10-21-19-16(18-20-21)14-8-5-9-24-14/h3-9,11H,10H2,1-2H3,(H,17,22)/t11-/m1/s1. The summed E-state index contributed by atoms with van der Waals surface area (Å²) in [7, 11) is 1.61. The highest BCUT2D eigenvalue weighted by molar-refractivity contribution is 7.13. The van der Waals surface area contributed by atoms with Crippen LogP contribution in [0.1, 0.15) is 18.5 Å². The lowest BCUT2D eigenvalue weighted by Crippen LogP contribution is -2.31. The molecule has 3 aromatic rings. The number of benzene rings is 1. The van der Waals surface area contributed by atoms with Gasteiger partial charge < -0.3 is 10.1 Å². The van der Waals surface area contributed by atoms with E-state index in [0.717, 1.165) is 16.2 Å². The number of rotatable bonds is 6. The number of carbonyl (C=O) groups is 1. The van der Waals surface area contributed by atoms with Gasteiger partial charge in [-0.15, -0.1) is 21.5 Å². The highest BCUT2D eigenvalue weighted by atomic mass is 32.1. The third-order valence-electron chi connectivity index (χ3n) is 3.46. The van der Waals surface area contributed by atoms with Gasteiger partial charge in [-0.1, -0.05) is 24.3 Å². The Balaban J connectivity index is 1.63. The van der Waals surface area contributed by atoms with Crippen molar-refractivity contribution in [3.63, 3.8) is 0 Å². The van der Waals surface area contributed by atoms with Crippen molar-refractivity contribution in [2.45, 2.75) is 19.5 Å². The fourth-order valence-electron chi connectivity index (χ4n) is 2.33. The first-order valence-electron chi connectivity index (χ1n) is 7.41. The number of amides is 1. The molecule has 0 saturated carbocycles. The number of carbonyl (C=O) groups excluding carboxylic acids is 1. The molecular formula is C16H17N5O2S. The van der Waals surface area contributed by atoms with Gasteiger partial charge in [0, 0.05) is 5.56 Å². The van der Waals surface area contributed by atoms with E-state index in [1.54, 1.807) is 7.11 Å². The minimum absolute atomic E-state index is 0.0118. The number of hydrogen-bond donors (Lipinski definition) is 1. The molecule has 0 saturated heterocycles. The van der Waals surface area contributed by atoms with Crippen LogP contribution in [0.15, 0.2) is 41.8 Å². The molecule has 0 aliphatic rings. The zero-order chi connectivity index (χ0) is 16.9. The quantitative estimate of drug-likeness (QED) is 0.742. The monoisotopic (exact) mass is 343 g/mol. The maximum absolute atomic E-state index is 12.2. The number of tetrazole rings is 1. The zero-order valence-corrected chi connectivity index (χ0v) is 14.2. The number of hydrogen-bond acceptors (Lipinski definition) is 6. The summed E-state index contributed by atoms with van der Waals surface area (Å²) >= 11 is 1.53. The molecule has 0 bridgehead atoms. The SMILES string of the molecule is COc1ccccc1[C@@H](C)NC(=O)Cn1nnc(-c2cccs2)n1. The molecule has 0 radical (unpaired) electrons. The first kappa shape index (κ1) is 16.1. The van der Waals surface area contributed by atoms with Gasteiger partial charge in [-0.05, 0) is 29.6 Å². The van der Waals surface area contributed by atoms with Crippen molar-refractivity contribution >= 4 is 17.2 Å². The van der Waals surface area contributed by atoms with E-state index in [0.29, 0.717) is 5.82 Å². The van der Waals surface area contributed by atoms with Gasteiger partial charge in [0.15, 0.2) is 0 Å². The van der Waals surface area contributed by atoms with Crippen molar-refractivity contribution in [1.82, 2.24) is 25.5 Å². The lowest BCUT2D eigenvalue weighted by molar-refractivity contribution is -0.122. The van der Waals surface area contributed by atoms with Crippen LogP contribution < -0.4 is 10.1 Å². The molecule has 0 spiro atoms. The molecule has 24 heavy (non-hydrogen) atoms. The molecule has 8 heteroatoms. The van der Waals surface area contributed by atoms with Gasteiger partial charge >= 0.3 is 0 Å². The molecule has 1 amide bonds. The summed E-state index contributed by atoms with van der Waals surface area (Å²) in [6.45, 7) is 1.92. The molecule has 2 heterocycles. The molecule has 1 atom stereocenters. The maximum atomic E-state index is 12.2. The molecule has 0 unspecified atom stereocenters. The summed E-state index contributed by atoms with van der Waals surface area (Å²) in [5.41, 5.74) is 0.916. The predicted octanol–water partition coefficient (Wildman–Crippen LogP) is 2.29. The Hall–Kier alpha value is -2.74. The van der Waals surface area contributed by atoms with Gasteiger partial charge in [-0.25, -0.2) is 0 Å². The first-order valence-corrected chi connectivity index (χ1v) is 8.29. The average Bonchev–Trinajstić information content (AvgIpc) is 3.25. The van der Waals surface area contributed by atoms with Crippen LogP contribution in [0.4, 0.5) is 0 Å². The molecule has 1 N–H and O–H groups in total. The Bertz CT molecular complexity index is 816. The van der Waals surface area contributed by atoms with E-state index in [1.165, 1.54) is 16.1 Å². The summed E-state index contributed by atoms with van der Waals surface area (Å²) in [6.07, 6.45) is 0. The number of nitrogens with zero attached hydrogens (tertiary/aromatic N) is 4. The predicted molar refractivity (Wildman–Crippen MR) is 90.7 cm³/mol. The molecule has 7 nitrogen and oxygen atoms in total. The van der Waals surface area contributed by atoms with Crippen molar-refractivity contribution < 1.29 is 9.53 Å². The summed E-state index contributed by atoms with van der Waals surface area (Å²) in [5, 5.41) is 17.0. The molecule has 2 aromatic heterocycles. The average molecular weight is 343 g/mol. The topological polar surface area (TPSA) is 81.9 Å². The Morgan fingerprint density at radius 1 is 1.33 bits per heavy atom. The molecule has 124 valence electrons. The van der Waals surface area contributed by atoms with Crippen LogP contribution >= 0.6 is 11.3 Å². The molecular weight excluding hydrogens is 326 g/mol. The number of para-hydroxylation sites is 1. The Kier molecular flexibility index (Phi) is 4.85. The van der Waals surface area contributed by atoms with E-state index in [9.17, 15) is 4.79 Å². The molecule has 1 aromatic carbocycles. The van der Waals surface area contributed by atoms with Crippen molar-refractivity contribution in [3.8, 4) is 16.5 Å². The van der Waals surface area contributed by atoms with Crippen LogP contribution in [0, 0.1) is 0 Å². The van der Waals surface area contributed by atoms with E-state index >= 15 is 0 Å². The van der Waals surface area contributed by atoms with E-state index in [4.69, 9.17) is 4.74 Å². The highest BCUT2D eigenvalue weighted by Crippen LogP contribution is 2.24. The van der Waals surface area contributed by atoms with Gasteiger partial charge in [-0.3, -0.25) is 4.79 Å². The fourth-order valence-corrected chi connectivity index (χ4v) is 2.98. The smallest absolute Gasteiger partial charge is 0.244 e. The van der Waals surface area contributed by atoms with Crippen LogP contribution in [0.25, 0.3) is 10.7 Å². The minimum Gasteiger partial charge on any atom is -0.496 e. The van der Waals surface area contributed by atoms with Crippen LogP contribution in [0.5, 0.6) is 5.75 Å². The van der Waals surface area contributed by atoms with E-state index < -0.39 is 0 Å². The Labute approximate surface area is 143 Å². The number of aromatic nitrogens is 4. The van der Waals surface area contributed by atoms with E-state index in [2.05, 4.69) is 20.7 Å². The summed E-state index contributed by atoms with van der Waals surface area (Å²) < 4.78 is 5.32. The number of nitrogens with one attached hydrogen (secondary N) is 1. The Morgan fingerprint density at radius 2 is 2.17 bits per heavy atom. The van der Waals surface area contributed by atoms with E-state index in [-0.39, 0.29) is 18.5 Å². The van der Waals surface area contributed by atoms with Crippen LogP contribution in [0.2, 0.25) is 0 Å². The summed E-state index contributed by atoms with van der Waals surface area (Å²) in [6, 6.07) is 11.2. The van der Waals surface area contributed by atoms with Crippen LogP contribution in [-0.4, -0.2) is 33.2 Å². The molecule has 0 fully saturated rings. The van der Waals surface area contributed by atoms with Gasteiger partial charge in [0.2, 0.25) is 11.7 Å². The second-order valence-corrected chi connectivity index (χ2v) is 6.10. The van der Waals surface area contributed by atoms with Crippen molar-refractivity contribution in [1.29, 1.82) is 0 Å². The second kappa shape index (κ2) is 7.22. The van der Waals surface area contributed by atoms with Crippen LogP contribution in [-0.2, 0) is 11.3 Å². The third kappa shape index (κ3) is 3.60. The molecule has 3 rings (SSSR count). The summed E-state index contributed by atoms with van der Waals surface area (Å²) in [4.78, 5) is 14.4. The lowest BCUT2D eigenvalue weighted by Gasteiger charge is -2.16. The normalized spacial score (nSPS) is 11.9. The van der Waals surface area contributed by atoms with E-state index in [1.807, 2.05) is 48.7 Å². The third-order valence-corrected chi connectivity index (χ3v) is 4.33. The number of thiophene rings is 1. The van der Waals surface area contributed by atoms with Crippen LogP contribution in [0.3, 0.4) is 0 Å². The minimum atomic E-state index is -0.191. The van der Waals surface area contributed by atoms with Crippen molar-refractivity contribution in [2.75, 3.05) is 7.11 Å². The Morgan fingerprint density at radius 3 is 2.92 bits per heavy atom. The second-order valence-electron chi connectivity index (χ2n) is 5.15. The van der Waals surface area contributed by atoms with Gasteiger partial charge in [0.25, 0.3) is 0 Å². The number of ether oxygens (including phenoxy) is 1. The van der Waals surface area contributed by atoms with Gasteiger partial charge in [0.1, 0.15) is 12.3 Å². The molecule has 0 aliphatic carbocycles. The zero-order valence-electron chi connectivity index (χ0n) is 13.3. The highest BCUT2D eigenvalue weighted by Gasteiger charge is 2.15. The van der Waals surface area contributed by atoms with Gasteiger partial charge in [-0.2, -0.15) is 4.80 Å². The first-order chi connectivity index (χ1) is 11.7.